The van der Waals surface area contributed by atoms with E-state index >= 15 is 0 Å². The number of rotatable bonds is 6. The summed E-state index contributed by atoms with van der Waals surface area (Å²) in [5.41, 5.74) is 7.27. The Bertz CT molecular complexity index is 578. The minimum atomic E-state index is -4.50. The molecule has 0 saturated heterocycles. The van der Waals surface area contributed by atoms with Crippen molar-refractivity contribution in [3.63, 3.8) is 0 Å². The lowest BCUT2D eigenvalue weighted by molar-refractivity contribution is -0.137. The second kappa shape index (κ2) is 9.38. The first-order valence-electron chi connectivity index (χ1n) is 7.01. The molecule has 1 rings (SSSR count). The van der Waals surface area contributed by atoms with Gasteiger partial charge in [-0.15, -0.1) is 23.5 Å². The molecule has 4 nitrogen and oxygen atoms in total. The molecule has 0 bridgehead atoms. The van der Waals surface area contributed by atoms with Crippen molar-refractivity contribution in [2.24, 2.45) is 5.73 Å². The summed E-state index contributed by atoms with van der Waals surface area (Å²) >= 11 is 7.72. The van der Waals surface area contributed by atoms with Crippen LogP contribution in [0.25, 0.3) is 0 Å². The molecule has 0 aliphatic rings. The van der Waals surface area contributed by atoms with E-state index in [0.717, 1.165) is 28.6 Å². The van der Waals surface area contributed by atoms with Crippen molar-refractivity contribution < 1.29 is 18.0 Å². The number of hydrogen-bond acceptors (Lipinski definition) is 4. The Balaban J connectivity index is 3.03. The van der Waals surface area contributed by atoms with Gasteiger partial charge in [-0.3, -0.25) is 10.2 Å². The SMILES string of the molecule is CCSC(SCC)C(=O)NN(C(N)=S)c1cccc(C(F)(F)F)c1. The zero-order valence-corrected chi connectivity index (χ0v) is 15.5. The molecule has 0 atom stereocenters. The van der Waals surface area contributed by atoms with Gasteiger partial charge in [0, 0.05) is 0 Å². The second-order valence-electron chi connectivity index (χ2n) is 4.44. The van der Waals surface area contributed by atoms with Crippen molar-refractivity contribution in [2.75, 3.05) is 16.5 Å². The molecule has 0 fully saturated rings. The Labute approximate surface area is 152 Å². The smallest absolute Gasteiger partial charge is 0.374 e. The largest absolute Gasteiger partial charge is 0.416 e. The van der Waals surface area contributed by atoms with Gasteiger partial charge in [-0.05, 0) is 41.9 Å². The molecule has 0 heterocycles. The molecular weight excluding hydrogens is 379 g/mol. The van der Waals surface area contributed by atoms with Gasteiger partial charge in [-0.2, -0.15) is 13.2 Å². The Morgan fingerprint density at radius 2 is 1.92 bits per heavy atom. The summed E-state index contributed by atoms with van der Waals surface area (Å²) < 4.78 is 38.1. The summed E-state index contributed by atoms with van der Waals surface area (Å²) in [5, 5.41) is 0.747. The molecule has 0 unspecified atom stereocenters. The number of nitrogens with one attached hydrogen (secondary N) is 1. The summed E-state index contributed by atoms with van der Waals surface area (Å²) in [5.74, 6) is 1.07. The maximum absolute atomic E-state index is 12.8. The maximum atomic E-state index is 12.8. The number of amides is 1. The van der Waals surface area contributed by atoms with Crippen molar-refractivity contribution in [3.05, 3.63) is 29.8 Å². The highest BCUT2D eigenvalue weighted by molar-refractivity contribution is 8.18. The van der Waals surface area contributed by atoms with Crippen molar-refractivity contribution in [1.29, 1.82) is 0 Å². The molecule has 0 radical (unpaired) electrons. The van der Waals surface area contributed by atoms with Gasteiger partial charge >= 0.3 is 6.18 Å². The third-order valence-electron chi connectivity index (χ3n) is 2.72. The molecule has 0 spiro atoms. The Hall–Kier alpha value is -1.13. The number of carbonyl (C=O) groups is 1. The highest BCUT2D eigenvalue weighted by Crippen LogP contribution is 2.31. The maximum Gasteiger partial charge on any atom is 0.416 e. The average molecular weight is 398 g/mol. The monoisotopic (exact) mass is 397 g/mol. The van der Waals surface area contributed by atoms with Gasteiger partial charge in [-0.1, -0.05) is 19.9 Å². The molecule has 0 aliphatic carbocycles. The van der Waals surface area contributed by atoms with E-state index in [0.29, 0.717) is 0 Å². The van der Waals surface area contributed by atoms with E-state index in [2.05, 4.69) is 5.43 Å². The van der Waals surface area contributed by atoms with Crippen molar-refractivity contribution in [1.82, 2.24) is 5.43 Å². The van der Waals surface area contributed by atoms with Gasteiger partial charge in [0.1, 0.15) is 4.58 Å². The number of nitrogens with zero attached hydrogens (tertiary/aromatic N) is 1. The predicted octanol–water partition coefficient (Wildman–Crippen LogP) is 3.62. The number of hydrogen-bond donors (Lipinski definition) is 2. The molecule has 134 valence electrons. The van der Waals surface area contributed by atoms with E-state index in [1.165, 1.54) is 35.7 Å². The highest BCUT2D eigenvalue weighted by atomic mass is 32.2. The van der Waals surface area contributed by atoms with Crippen molar-refractivity contribution in [3.8, 4) is 0 Å². The fraction of sp³-hybridized carbons (Fsp3) is 0.429. The first-order chi connectivity index (χ1) is 11.2. The first-order valence-corrected chi connectivity index (χ1v) is 9.51. The zero-order chi connectivity index (χ0) is 18.3. The summed E-state index contributed by atoms with van der Waals surface area (Å²) in [6, 6.07) is 4.44. The lowest BCUT2D eigenvalue weighted by atomic mass is 10.2. The molecule has 1 aromatic carbocycles. The predicted molar refractivity (Wildman–Crippen MR) is 98.9 cm³/mol. The van der Waals surface area contributed by atoms with Crippen LogP contribution >= 0.6 is 35.7 Å². The summed E-state index contributed by atoms with van der Waals surface area (Å²) in [6.07, 6.45) is -4.50. The molecule has 1 amide bonds. The summed E-state index contributed by atoms with van der Waals surface area (Å²) in [4.78, 5) is 12.4. The summed E-state index contributed by atoms with van der Waals surface area (Å²) in [7, 11) is 0. The van der Waals surface area contributed by atoms with Crippen LogP contribution in [0.4, 0.5) is 18.9 Å². The number of carbonyl (C=O) groups excluding carboxylic acids is 1. The molecule has 0 aromatic heterocycles. The van der Waals surface area contributed by atoms with Gasteiger partial charge in [-0.25, -0.2) is 5.01 Å². The van der Waals surface area contributed by atoms with Crippen LogP contribution in [-0.4, -0.2) is 27.1 Å². The zero-order valence-electron chi connectivity index (χ0n) is 13.1. The van der Waals surface area contributed by atoms with Crippen LogP contribution in [0.15, 0.2) is 24.3 Å². The number of halogens is 3. The van der Waals surface area contributed by atoms with Crippen LogP contribution in [0.1, 0.15) is 19.4 Å². The van der Waals surface area contributed by atoms with E-state index in [1.807, 2.05) is 13.8 Å². The third kappa shape index (κ3) is 6.06. The fourth-order valence-electron chi connectivity index (χ4n) is 1.73. The number of thioether (sulfide) groups is 2. The quantitative estimate of drug-likeness (QED) is 0.434. The Kier molecular flexibility index (Phi) is 8.17. The van der Waals surface area contributed by atoms with E-state index in [9.17, 15) is 18.0 Å². The minimum Gasteiger partial charge on any atom is -0.374 e. The molecular formula is C14H18F3N3OS3. The molecule has 1 aromatic rings. The molecule has 0 saturated carbocycles. The number of hydrazine groups is 1. The van der Waals surface area contributed by atoms with Crippen LogP contribution in [0.2, 0.25) is 0 Å². The standard InChI is InChI=1S/C14H18F3N3OS3/c1-3-23-12(24-4-2)11(21)19-20(13(18)22)10-7-5-6-9(8-10)14(15,16)17/h5-8,12H,3-4H2,1-2H3,(H2,18,22)(H,19,21). The fourth-order valence-corrected chi connectivity index (χ4v) is 4.10. The molecule has 24 heavy (non-hydrogen) atoms. The first kappa shape index (κ1) is 20.9. The van der Waals surface area contributed by atoms with Gasteiger partial charge in [0.05, 0.1) is 11.3 Å². The van der Waals surface area contributed by atoms with Crippen LogP contribution in [0, 0.1) is 0 Å². The lowest BCUT2D eigenvalue weighted by Gasteiger charge is -2.26. The number of thiocarbonyl (C=S) groups is 1. The van der Waals surface area contributed by atoms with E-state index < -0.39 is 16.3 Å². The molecule has 3 N–H and O–H groups in total. The van der Waals surface area contributed by atoms with Crippen LogP contribution in [0.3, 0.4) is 0 Å². The second-order valence-corrected chi connectivity index (χ2v) is 7.92. The Morgan fingerprint density at radius 1 is 1.33 bits per heavy atom. The summed E-state index contributed by atoms with van der Waals surface area (Å²) in [6.45, 7) is 3.83. The normalized spacial score (nSPS) is 11.4. The van der Waals surface area contributed by atoms with Crippen LogP contribution < -0.4 is 16.2 Å². The van der Waals surface area contributed by atoms with E-state index in [4.69, 9.17) is 18.0 Å². The Morgan fingerprint density at radius 3 is 2.38 bits per heavy atom. The van der Waals surface area contributed by atoms with Crippen LogP contribution in [0.5, 0.6) is 0 Å². The van der Waals surface area contributed by atoms with E-state index in [-0.39, 0.29) is 16.7 Å². The number of anilines is 1. The molecule has 0 aliphatic heterocycles. The number of alkyl halides is 3. The van der Waals surface area contributed by atoms with Gasteiger partial charge in [0.15, 0.2) is 5.11 Å². The van der Waals surface area contributed by atoms with Crippen molar-refractivity contribution >= 4 is 52.4 Å². The molecule has 10 heteroatoms. The van der Waals surface area contributed by atoms with Gasteiger partial charge in [0.2, 0.25) is 0 Å². The average Bonchev–Trinajstić information content (AvgIpc) is 2.51. The van der Waals surface area contributed by atoms with Crippen molar-refractivity contribution in [2.45, 2.75) is 24.6 Å². The minimum absolute atomic E-state index is 0.0485. The van der Waals surface area contributed by atoms with Gasteiger partial charge in [0.25, 0.3) is 5.91 Å². The van der Waals surface area contributed by atoms with E-state index in [1.54, 1.807) is 0 Å². The number of benzene rings is 1. The highest BCUT2D eigenvalue weighted by Gasteiger charge is 2.31. The lowest BCUT2D eigenvalue weighted by Crippen LogP contribution is -2.51. The number of nitrogens with two attached hydrogens (primary N) is 1. The topological polar surface area (TPSA) is 58.4 Å². The third-order valence-corrected chi connectivity index (χ3v) is 5.42. The van der Waals surface area contributed by atoms with Crippen LogP contribution in [-0.2, 0) is 11.0 Å². The van der Waals surface area contributed by atoms with Gasteiger partial charge < -0.3 is 5.73 Å².